The van der Waals surface area contributed by atoms with Crippen LogP contribution >= 0.6 is 0 Å². The van der Waals surface area contributed by atoms with Crippen LogP contribution in [0.25, 0.3) is 0 Å². The summed E-state index contributed by atoms with van der Waals surface area (Å²) in [6.07, 6.45) is 0. The highest BCUT2D eigenvalue weighted by atomic mass is 19.1. The number of carbonyl (C=O) groups is 1. The van der Waals surface area contributed by atoms with Gasteiger partial charge in [0, 0.05) is 19.7 Å². The Morgan fingerprint density at radius 3 is 2.85 bits per heavy atom. The SMILES string of the molecule is CN(C)C(=O)N1N=C2c3cc(F)ccc3OC[C@@H]2[C@H]1c1cccc(O)c1. The standard InChI is InChI=1S/C19H18FN3O3/c1-22(2)19(25)23-18(11-4-3-5-13(24)8-11)15-10-26-16-7-6-12(20)9-14(16)17(15)21-23/h3-9,15,18,24H,10H2,1-2H3/t15-,18+/m0/s1. The number of hydrogen-bond donors (Lipinski definition) is 1. The van der Waals surface area contributed by atoms with E-state index in [1.165, 1.54) is 22.0 Å². The van der Waals surface area contributed by atoms with Crippen molar-refractivity contribution >= 4 is 11.7 Å². The van der Waals surface area contributed by atoms with E-state index >= 15 is 0 Å². The quantitative estimate of drug-likeness (QED) is 0.855. The van der Waals surface area contributed by atoms with Crippen molar-refractivity contribution in [3.63, 3.8) is 0 Å². The predicted molar refractivity (Wildman–Crippen MR) is 93.7 cm³/mol. The summed E-state index contributed by atoms with van der Waals surface area (Å²) in [5.74, 6) is 0.0172. The zero-order valence-corrected chi connectivity index (χ0v) is 14.4. The maximum Gasteiger partial charge on any atom is 0.340 e. The largest absolute Gasteiger partial charge is 0.508 e. The predicted octanol–water partition coefficient (Wildman–Crippen LogP) is 2.98. The summed E-state index contributed by atoms with van der Waals surface area (Å²) < 4.78 is 19.6. The maximum absolute atomic E-state index is 13.8. The van der Waals surface area contributed by atoms with E-state index in [4.69, 9.17) is 4.74 Å². The van der Waals surface area contributed by atoms with Gasteiger partial charge in [0.25, 0.3) is 0 Å². The van der Waals surface area contributed by atoms with Crippen molar-refractivity contribution in [2.75, 3.05) is 20.7 Å². The molecule has 7 heteroatoms. The molecule has 0 saturated heterocycles. The second-order valence-electron chi connectivity index (χ2n) is 6.60. The first-order valence-corrected chi connectivity index (χ1v) is 8.26. The Balaban J connectivity index is 1.84. The molecular formula is C19H18FN3O3. The van der Waals surface area contributed by atoms with Gasteiger partial charge in [-0.15, -0.1) is 0 Å². The molecule has 0 fully saturated rings. The molecule has 2 amide bonds. The van der Waals surface area contributed by atoms with E-state index < -0.39 is 6.04 Å². The number of amides is 2. The third-order valence-corrected chi connectivity index (χ3v) is 4.64. The van der Waals surface area contributed by atoms with Crippen molar-refractivity contribution in [2.24, 2.45) is 11.0 Å². The summed E-state index contributed by atoms with van der Waals surface area (Å²) in [4.78, 5) is 14.1. The van der Waals surface area contributed by atoms with Crippen LogP contribution in [0.3, 0.4) is 0 Å². The highest BCUT2D eigenvalue weighted by Crippen LogP contribution is 2.43. The molecule has 2 aliphatic heterocycles. The molecule has 2 aliphatic rings. The fourth-order valence-corrected chi connectivity index (χ4v) is 3.45. The van der Waals surface area contributed by atoms with Gasteiger partial charge in [0.05, 0.1) is 24.3 Å². The van der Waals surface area contributed by atoms with Crippen LogP contribution in [0.4, 0.5) is 9.18 Å². The molecule has 134 valence electrons. The number of ether oxygens (including phenoxy) is 1. The van der Waals surface area contributed by atoms with Crippen LogP contribution in [-0.2, 0) is 0 Å². The molecule has 0 aromatic heterocycles. The minimum absolute atomic E-state index is 0.108. The molecule has 0 unspecified atom stereocenters. The van der Waals surface area contributed by atoms with Gasteiger partial charge in [0.15, 0.2) is 0 Å². The highest BCUT2D eigenvalue weighted by molar-refractivity contribution is 6.07. The summed E-state index contributed by atoms with van der Waals surface area (Å²) in [6.45, 7) is 0.314. The Morgan fingerprint density at radius 2 is 2.12 bits per heavy atom. The molecule has 26 heavy (non-hydrogen) atoms. The van der Waals surface area contributed by atoms with Crippen molar-refractivity contribution in [1.82, 2.24) is 9.91 Å². The zero-order chi connectivity index (χ0) is 18.4. The number of carbonyl (C=O) groups excluding carboxylic acids is 1. The minimum Gasteiger partial charge on any atom is -0.508 e. The first-order valence-electron chi connectivity index (χ1n) is 8.26. The van der Waals surface area contributed by atoms with Crippen molar-refractivity contribution in [2.45, 2.75) is 6.04 Å². The first-order chi connectivity index (χ1) is 12.5. The van der Waals surface area contributed by atoms with Crippen LogP contribution in [0.15, 0.2) is 47.6 Å². The lowest BCUT2D eigenvalue weighted by molar-refractivity contribution is 0.139. The fraction of sp³-hybridized carbons (Fsp3) is 0.263. The lowest BCUT2D eigenvalue weighted by Gasteiger charge is -2.30. The molecule has 0 spiro atoms. The van der Waals surface area contributed by atoms with Gasteiger partial charge in [-0.2, -0.15) is 5.10 Å². The molecule has 2 aromatic rings. The summed E-state index contributed by atoms with van der Waals surface area (Å²) >= 11 is 0. The number of phenolic OH excluding ortho intramolecular Hbond substituents is 1. The normalized spacial score (nSPS) is 20.7. The van der Waals surface area contributed by atoms with Crippen molar-refractivity contribution in [1.29, 1.82) is 0 Å². The van der Waals surface area contributed by atoms with Gasteiger partial charge < -0.3 is 14.7 Å². The average molecular weight is 355 g/mol. The average Bonchev–Trinajstić information content (AvgIpc) is 3.00. The third-order valence-electron chi connectivity index (χ3n) is 4.64. The molecule has 2 heterocycles. The molecule has 2 atom stereocenters. The summed E-state index contributed by atoms with van der Waals surface area (Å²) in [7, 11) is 3.29. The molecule has 0 bridgehead atoms. The van der Waals surface area contributed by atoms with Gasteiger partial charge >= 0.3 is 6.03 Å². The van der Waals surface area contributed by atoms with E-state index in [2.05, 4.69) is 5.10 Å². The van der Waals surface area contributed by atoms with E-state index in [1.807, 2.05) is 6.07 Å². The lowest BCUT2D eigenvalue weighted by Crippen LogP contribution is -2.39. The smallest absolute Gasteiger partial charge is 0.340 e. The van der Waals surface area contributed by atoms with Crippen LogP contribution in [0.1, 0.15) is 17.2 Å². The monoisotopic (exact) mass is 355 g/mol. The van der Waals surface area contributed by atoms with Gasteiger partial charge in [0.2, 0.25) is 0 Å². The Kier molecular flexibility index (Phi) is 3.79. The van der Waals surface area contributed by atoms with Crippen molar-refractivity contribution < 1.29 is 19.0 Å². The summed E-state index contributed by atoms with van der Waals surface area (Å²) in [5, 5.41) is 15.8. The lowest BCUT2D eigenvalue weighted by atomic mass is 9.86. The van der Waals surface area contributed by atoms with E-state index in [1.54, 1.807) is 38.4 Å². The Hall–Kier alpha value is -3.09. The number of urea groups is 1. The zero-order valence-electron chi connectivity index (χ0n) is 14.4. The second kappa shape index (κ2) is 6.01. The van der Waals surface area contributed by atoms with E-state index in [0.717, 1.165) is 5.56 Å². The summed E-state index contributed by atoms with van der Waals surface area (Å²) in [6, 6.07) is 10.3. The van der Waals surface area contributed by atoms with Crippen LogP contribution in [-0.4, -0.2) is 47.5 Å². The minimum atomic E-state index is -0.441. The Morgan fingerprint density at radius 1 is 1.31 bits per heavy atom. The topological polar surface area (TPSA) is 65.4 Å². The van der Waals surface area contributed by atoms with Crippen LogP contribution in [0.2, 0.25) is 0 Å². The number of hydrazone groups is 1. The first kappa shape index (κ1) is 16.4. The number of fused-ring (bicyclic) bond motifs is 3. The number of benzene rings is 2. The fourth-order valence-electron chi connectivity index (χ4n) is 3.45. The van der Waals surface area contributed by atoms with E-state index in [9.17, 15) is 14.3 Å². The number of hydrogen-bond acceptors (Lipinski definition) is 4. The molecule has 4 rings (SSSR count). The molecular weight excluding hydrogens is 337 g/mol. The van der Waals surface area contributed by atoms with E-state index in [0.29, 0.717) is 23.6 Å². The Bertz CT molecular complexity index is 913. The van der Waals surface area contributed by atoms with Gasteiger partial charge in [-0.25, -0.2) is 14.2 Å². The molecule has 2 aromatic carbocycles. The van der Waals surface area contributed by atoms with Gasteiger partial charge in [-0.05, 0) is 35.9 Å². The molecule has 0 radical (unpaired) electrons. The van der Waals surface area contributed by atoms with Gasteiger partial charge in [-0.3, -0.25) is 0 Å². The Labute approximate surface area is 150 Å². The maximum atomic E-state index is 13.8. The molecule has 1 N–H and O–H groups in total. The number of aromatic hydroxyl groups is 1. The molecule has 0 aliphatic carbocycles. The van der Waals surface area contributed by atoms with Crippen LogP contribution in [0.5, 0.6) is 11.5 Å². The molecule has 6 nitrogen and oxygen atoms in total. The van der Waals surface area contributed by atoms with Crippen molar-refractivity contribution in [3.8, 4) is 11.5 Å². The van der Waals surface area contributed by atoms with Gasteiger partial charge in [0.1, 0.15) is 17.3 Å². The number of halogens is 1. The molecule has 0 saturated carbocycles. The second-order valence-corrected chi connectivity index (χ2v) is 6.60. The number of phenols is 1. The van der Waals surface area contributed by atoms with Crippen LogP contribution in [0, 0.1) is 11.7 Å². The van der Waals surface area contributed by atoms with Crippen LogP contribution < -0.4 is 4.74 Å². The number of nitrogens with zero attached hydrogens (tertiary/aromatic N) is 3. The van der Waals surface area contributed by atoms with E-state index in [-0.39, 0.29) is 23.5 Å². The third kappa shape index (κ3) is 2.56. The van der Waals surface area contributed by atoms with Gasteiger partial charge in [-0.1, -0.05) is 12.1 Å². The summed E-state index contributed by atoms with van der Waals surface area (Å²) in [5.41, 5.74) is 1.92. The van der Waals surface area contributed by atoms with Crippen molar-refractivity contribution in [3.05, 3.63) is 59.4 Å². The highest BCUT2D eigenvalue weighted by Gasteiger charge is 2.45. The number of rotatable bonds is 1.